The van der Waals surface area contributed by atoms with E-state index in [9.17, 15) is 26.4 Å². The van der Waals surface area contributed by atoms with Gasteiger partial charge in [0.1, 0.15) is 0 Å². The van der Waals surface area contributed by atoms with E-state index in [1.165, 1.54) is 0 Å². The first-order valence-corrected chi connectivity index (χ1v) is 9.07. The summed E-state index contributed by atoms with van der Waals surface area (Å²) < 4.78 is 61.7. The Morgan fingerprint density at radius 3 is 2.29 bits per heavy atom. The highest BCUT2D eigenvalue weighted by molar-refractivity contribution is 7.91. The zero-order valence-electron chi connectivity index (χ0n) is 11.2. The molecule has 1 aliphatic carbocycles. The van der Waals surface area contributed by atoms with Crippen LogP contribution in [-0.4, -0.2) is 43.4 Å². The number of nitrogens with one attached hydrogen (secondary N) is 1. The molecule has 0 aromatic rings. The predicted octanol–water partition coefficient (Wildman–Crippen LogP) is 1.88. The molecule has 21 heavy (non-hydrogen) atoms. The molecule has 1 saturated heterocycles. The fourth-order valence-electron chi connectivity index (χ4n) is 3.06. The molecule has 9 heteroatoms. The second-order valence-electron chi connectivity index (χ2n) is 5.75. The van der Waals surface area contributed by atoms with Gasteiger partial charge in [0.2, 0.25) is 5.91 Å². The fourth-order valence-corrected chi connectivity index (χ4v) is 5.61. The summed E-state index contributed by atoms with van der Waals surface area (Å²) in [6.45, 7) is 0. The minimum atomic E-state index is -4.41. The van der Waals surface area contributed by atoms with Crippen LogP contribution in [0.15, 0.2) is 0 Å². The Morgan fingerprint density at radius 1 is 1.14 bits per heavy atom. The highest BCUT2D eigenvalue weighted by Gasteiger charge is 2.49. The molecule has 122 valence electrons. The van der Waals surface area contributed by atoms with Gasteiger partial charge in [-0.05, 0) is 12.8 Å². The van der Waals surface area contributed by atoms with Gasteiger partial charge in [-0.15, -0.1) is 11.6 Å². The number of sulfone groups is 1. The number of hydrogen-bond donors (Lipinski definition) is 1. The largest absolute Gasteiger partial charge is 0.392 e. The topological polar surface area (TPSA) is 63.2 Å². The third-order valence-electron chi connectivity index (χ3n) is 4.13. The Hall–Kier alpha value is -0.500. The molecule has 1 saturated carbocycles. The lowest BCUT2D eigenvalue weighted by atomic mass is 9.78. The van der Waals surface area contributed by atoms with Crippen LogP contribution >= 0.6 is 11.6 Å². The first-order chi connectivity index (χ1) is 9.60. The lowest BCUT2D eigenvalue weighted by Crippen LogP contribution is -2.48. The van der Waals surface area contributed by atoms with Crippen LogP contribution in [0.3, 0.4) is 0 Å². The highest BCUT2D eigenvalue weighted by Crippen LogP contribution is 2.41. The average Bonchev–Trinajstić information content (AvgIpc) is 2.61. The van der Waals surface area contributed by atoms with E-state index in [0.29, 0.717) is 12.8 Å². The van der Waals surface area contributed by atoms with E-state index in [0.717, 1.165) is 0 Å². The van der Waals surface area contributed by atoms with Crippen LogP contribution in [0.1, 0.15) is 25.7 Å². The number of amides is 1. The molecule has 0 aromatic carbocycles. The summed E-state index contributed by atoms with van der Waals surface area (Å²) in [7, 11) is -3.33. The monoisotopic (exact) mass is 347 g/mol. The Kier molecular flexibility index (Phi) is 4.78. The van der Waals surface area contributed by atoms with Crippen LogP contribution in [0.25, 0.3) is 0 Å². The second-order valence-corrected chi connectivity index (χ2v) is 8.46. The van der Waals surface area contributed by atoms with Crippen molar-refractivity contribution in [1.29, 1.82) is 0 Å². The van der Waals surface area contributed by atoms with Crippen molar-refractivity contribution in [3.63, 3.8) is 0 Å². The van der Waals surface area contributed by atoms with Gasteiger partial charge in [-0.1, -0.05) is 12.8 Å². The standard InChI is InChI=1S/C12H17ClF3NO3S/c13-9-5-21(19,20)6-10(9)17-11(18)7-3-1-2-4-8(7)12(14,15)16/h7-10H,1-6H2,(H,17,18). The van der Waals surface area contributed by atoms with Gasteiger partial charge in [0.15, 0.2) is 9.84 Å². The maximum atomic E-state index is 13.0. The minimum Gasteiger partial charge on any atom is -0.351 e. The van der Waals surface area contributed by atoms with Crippen molar-refractivity contribution in [3.8, 4) is 0 Å². The van der Waals surface area contributed by atoms with E-state index in [-0.39, 0.29) is 24.3 Å². The van der Waals surface area contributed by atoms with E-state index in [1.807, 2.05) is 0 Å². The van der Waals surface area contributed by atoms with Crippen LogP contribution in [0, 0.1) is 11.8 Å². The van der Waals surface area contributed by atoms with Crippen molar-refractivity contribution >= 4 is 27.3 Å². The number of rotatable bonds is 2. The van der Waals surface area contributed by atoms with Crippen LogP contribution in [0.4, 0.5) is 13.2 Å². The molecule has 1 amide bonds. The summed E-state index contributed by atoms with van der Waals surface area (Å²) in [5.74, 6) is -4.10. The Morgan fingerprint density at radius 2 is 1.76 bits per heavy atom. The molecule has 4 unspecified atom stereocenters. The molecule has 4 nitrogen and oxygen atoms in total. The van der Waals surface area contributed by atoms with Crippen molar-refractivity contribution < 1.29 is 26.4 Å². The van der Waals surface area contributed by atoms with E-state index in [2.05, 4.69) is 5.32 Å². The van der Waals surface area contributed by atoms with Gasteiger partial charge in [0, 0.05) is 5.92 Å². The first kappa shape index (κ1) is 16.9. The second kappa shape index (κ2) is 5.95. The summed E-state index contributed by atoms with van der Waals surface area (Å²) in [4.78, 5) is 12.1. The Balaban J connectivity index is 2.05. The molecule has 4 atom stereocenters. The quantitative estimate of drug-likeness (QED) is 0.776. The maximum absolute atomic E-state index is 13.0. The number of alkyl halides is 4. The summed E-state index contributed by atoms with van der Waals surface area (Å²) in [6, 6.07) is -0.806. The molecule has 0 spiro atoms. The fraction of sp³-hybridized carbons (Fsp3) is 0.917. The van der Waals surface area contributed by atoms with Gasteiger partial charge < -0.3 is 5.32 Å². The normalized spacial score (nSPS) is 36.4. The molecular formula is C12H17ClF3NO3S. The zero-order valence-corrected chi connectivity index (χ0v) is 12.8. The molecule has 2 rings (SSSR count). The van der Waals surface area contributed by atoms with Crippen molar-refractivity contribution in [2.24, 2.45) is 11.8 Å². The van der Waals surface area contributed by atoms with Crippen LogP contribution < -0.4 is 5.32 Å². The van der Waals surface area contributed by atoms with Crippen molar-refractivity contribution in [1.82, 2.24) is 5.32 Å². The number of halogens is 4. The van der Waals surface area contributed by atoms with Crippen molar-refractivity contribution in [2.45, 2.75) is 43.3 Å². The lowest BCUT2D eigenvalue weighted by Gasteiger charge is -2.32. The molecule has 1 heterocycles. The van der Waals surface area contributed by atoms with E-state index in [4.69, 9.17) is 11.6 Å². The third-order valence-corrected chi connectivity index (χ3v) is 6.51. The van der Waals surface area contributed by atoms with Gasteiger partial charge >= 0.3 is 6.18 Å². The molecule has 0 bridgehead atoms. The molecule has 1 aliphatic heterocycles. The predicted molar refractivity (Wildman–Crippen MR) is 71.7 cm³/mol. The summed E-state index contributed by atoms with van der Waals surface area (Å²) in [6.07, 6.45) is -3.29. The lowest BCUT2D eigenvalue weighted by molar-refractivity contribution is -0.198. The SMILES string of the molecule is O=C(NC1CS(=O)(=O)CC1Cl)C1CCCCC1C(F)(F)F. The van der Waals surface area contributed by atoms with E-state index in [1.54, 1.807) is 0 Å². The Labute approximate surface area is 126 Å². The summed E-state index contributed by atoms with van der Waals surface area (Å²) >= 11 is 5.86. The highest BCUT2D eigenvalue weighted by atomic mass is 35.5. The smallest absolute Gasteiger partial charge is 0.351 e. The van der Waals surface area contributed by atoms with Gasteiger partial charge in [-0.3, -0.25) is 4.79 Å². The molecule has 2 fully saturated rings. The molecule has 0 radical (unpaired) electrons. The molecule has 0 aromatic heterocycles. The number of hydrogen-bond acceptors (Lipinski definition) is 3. The van der Waals surface area contributed by atoms with Gasteiger partial charge in [0.05, 0.1) is 28.8 Å². The molecule has 1 N–H and O–H groups in total. The van der Waals surface area contributed by atoms with Crippen molar-refractivity contribution in [3.05, 3.63) is 0 Å². The summed E-state index contributed by atoms with van der Waals surface area (Å²) in [5, 5.41) is 1.62. The number of carbonyl (C=O) groups excluding carboxylic acids is 1. The van der Waals surface area contributed by atoms with Crippen molar-refractivity contribution in [2.75, 3.05) is 11.5 Å². The molecule has 2 aliphatic rings. The number of carbonyl (C=O) groups is 1. The van der Waals surface area contributed by atoms with Crippen LogP contribution in [-0.2, 0) is 14.6 Å². The average molecular weight is 348 g/mol. The molecular weight excluding hydrogens is 331 g/mol. The van der Waals surface area contributed by atoms with Crippen LogP contribution in [0.2, 0.25) is 0 Å². The minimum absolute atomic E-state index is 0.0607. The maximum Gasteiger partial charge on any atom is 0.392 e. The van der Waals surface area contributed by atoms with Gasteiger partial charge in [-0.25, -0.2) is 8.42 Å². The van der Waals surface area contributed by atoms with E-state index >= 15 is 0 Å². The Bertz CT molecular complexity index is 508. The summed E-state index contributed by atoms with van der Waals surface area (Å²) in [5.41, 5.74) is 0. The van der Waals surface area contributed by atoms with Gasteiger partial charge in [0.25, 0.3) is 0 Å². The zero-order chi connectivity index (χ0) is 15.8. The van der Waals surface area contributed by atoms with Gasteiger partial charge in [-0.2, -0.15) is 13.2 Å². The van der Waals surface area contributed by atoms with Crippen LogP contribution in [0.5, 0.6) is 0 Å². The first-order valence-electron chi connectivity index (χ1n) is 6.82. The van der Waals surface area contributed by atoms with E-state index < -0.39 is 45.2 Å². The third kappa shape index (κ3) is 4.03.